The van der Waals surface area contributed by atoms with Crippen LogP contribution >= 0.6 is 15.9 Å². The molecule has 19 heavy (non-hydrogen) atoms. The van der Waals surface area contributed by atoms with E-state index in [-0.39, 0.29) is 5.91 Å². The Morgan fingerprint density at radius 2 is 2.16 bits per heavy atom. The van der Waals surface area contributed by atoms with Crippen molar-refractivity contribution in [2.24, 2.45) is 5.92 Å². The Bertz CT molecular complexity index is 436. The molecule has 1 aromatic heterocycles. The number of likely N-dealkylation sites (tertiary alicyclic amines) is 1. The highest BCUT2D eigenvalue weighted by Crippen LogP contribution is 2.21. The summed E-state index contributed by atoms with van der Waals surface area (Å²) in [6.45, 7) is 5.68. The average molecular weight is 328 g/mol. The molecule has 2 heterocycles. The van der Waals surface area contributed by atoms with Crippen LogP contribution in [0.1, 0.15) is 30.3 Å². The standard InChI is InChI=1S/C14H22BrN3O/c1-3-17-10-12(15)8-13(17)14(19)18-6-4-11(5-7-18)9-16-2/h8,10-11,16H,3-7,9H2,1-2H3. The van der Waals surface area contributed by atoms with Crippen LogP contribution in [0.4, 0.5) is 0 Å². The second kappa shape index (κ2) is 6.57. The number of amides is 1. The van der Waals surface area contributed by atoms with Crippen molar-refractivity contribution in [2.75, 3.05) is 26.7 Å². The molecule has 1 aromatic rings. The van der Waals surface area contributed by atoms with Crippen molar-refractivity contribution in [1.82, 2.24) is 14.8 Å². The van der Waals surface area contributed by atoms with Crippen LogP contribution in [0.15, 0.2) is 16.7 Å². The topological polar surface area (TPSA) is 37.3 Å². The maximum absolute atomic E-state index is 12.5. The molecule has 0 saturated carbocycles. The van der Waals surface area contributed by atoms with Gasteiger partial charge >= 0.3 is 0 Å². The highest BCUT2D eigenvalue weighted by atomic mass is 79.9. The van der Waals surface area contributed by atoms with Crippen molar-refractivity contribution in [1.29, 1.82) is 0 Å². The molecule has 0 spiro atoms. The molecule has 1 aliphatic heterocycles. The summed E-state index contributed by atoms with van der Waals surface area (Å²) in [5.74, 6) is 0.870. The van der Waals surface area contributed by atoms with E-state index in [2.05, 4.69) is 28.2 Å². The number of rotatable bonds is 4. The second-order valence-electron chi connectivity index (χ2n) is 5.12. The zero-order valence-corrected chi connectivity index (χ0v) is 13.2. The van der Waals surface area contributed by atoms with Gasteiger partial charge in [-0.25, -0.2) is 0 Å². The van der Waals surface area contributed by atoms with E-state index in [0.717, 1.165) is 49.2 Å². The van der Waals surface area contributed by atoms with Crippen LogP contribution in [0.25, 0.3) is 0 Å². The van der Waals surface area contributed by atoms with Gasteiger partial charge in [0.05, 0.1) is 0 Å². The third-order valence-electron chi connectivity index (χ3n) is 3.82. The summed E-state index contributed by atoms with van der Waals surface area (Å²) in [6.07, 6.45) is 4.17. The van der Waals surface area contributed by atoms with Gasteiger partial charge in [-0.15, -0.1) is 0 Å². The average Bonchev–Trinajstić information content (AvgIpc) is 2.80. The number of aryl methyl sites for hydroxylation is 1. The van der Waals surface area contributed by atoms with Gasteiger partial charge in [0.15, 0.2) is 0 Å². The van der Waals surface area contributed by atoms with E-state index >= 15 is 0 Å². The molecule has 0 unspecified atom stereocenters. The maximum atomic E-state index is 12.5. The molecule has 1 N–H and O–H groups in total. The Morgan fingerprint density at radius 3 is 2.74 bits per heavy atom. The minimum atomic E-state index is 0.162. The first-order chi connectivity index (χ1) is 9.15. The molecular formula is C14H22BrN3O. The van der Waals surface area contributed by atoms with Gasteiger partial charge < -0.3 is 14.8 Å². The molecule has 1 saturated heterocycles. The van der Waals surface area contributed by atoms with Gasteiger partial charge in [0.2, 0.25) is 0 Å². The number of piperidine rings is 1. The van der Waals surface area contributed by atoms with Gasteiger partial charge in [-0.1, -0.05) is 0 Å². The largest absolute Gasteiger partial charge is 0.343 e. The predicted octanol–water partition coefficient (Wildman–Crippen LogP) is 2.34. The Balaban J connectivity index is 2.01. The number of nitrogens with zero attached hydrogens (tertiary/aromatic N) is 2. The number of hydrogen-bond acceptors (Lipinski definition) is 2. The highest BCUT2D eigenvalue weighted by molar-refractivity contribution is 9.10. The summed E-state index contributed by atoms with van der Waals surface area (Å²) in [6, 6.07) is 1.92. The van der Waals surface area contributed by atoms with Crippen molar-refractivity contribution in [3.05, 3.63) is 22.4 Å². The lowest BCUT2D eigenvalue weighted by molar-refractivity contribution is 0.0680. The van der Waals surface area contributed by atoms with E-state index in [9.17, 15) is 4.79 Å². The number of hydrogen-bond donors (Lipinski definition) is 1. The highest BCUT2D eigenvalue weighted by Gasteiger charge is 2.25. The number of carbonyl (C=O) groups is 1. The summed E-state index contributed by atoms with van der Waals surface area (Å²) in [5, 5.41) is 3.22. The molecule has 1 fully saturated rings. The monoisotopic (exact) mass is 327 g/mol. The Labute approximate surface area is 123 Å². The molecule has 0 atom stereocenters. The van der Waals surface area contributed by atoms with E-state index in [1.54, 1.807) is 0 Å². The van der Waals surface area contributed by atoms with Crippen LogP contribution in [-0.2, 0) is 6.54 Å². The molecule has 5 heteroatoms. The molecule has 2 rings (SSSR count). The molecule has 0 radical (unpaired) electrons. The van der Waals surface area contributed by atoms with Gasteiger partial charge in [0, 0.05) is 30.3 Å². The summed E-state index contributed by atoms with van der Waals surface area (Å²) >= 11 is 3.45. The second-order valence-corrected chi connectivity index (χ2v) is 6.04. The maximum Gasteiger partial charge on any atom is 0.270 e. The summed E-state index contributed by atoms with van der Waals surface area (Å²) < 4.78 is 2.98. The fraction of sp³-hybridized carbons (Fsp3) is 0.643. The third-order valence-corrected chi connectivity index (χ3v) is 4.25. The van der Waals surface area contributed by atoms with Crippen LogP contribution in [0, 0.1) is 5.92 Å². The molecular weight excluding hydrogens is 306 g/mol. The van der Waals surface area contributed by atoms with Crippen molar-refractivity contribution in [3.63, 3.8) is 0 Å². The van der Waals surface area contributed by atoms with Gasteiger partial charge in [-0.05, 0) is 61.3 Å². The molecule has 1 amide bonds. The molecule has 106 valence electrons. The van der Waals surface area contributed by atoms with Gasteiger partial charge in [-0.3, -0.25) is 4.79 Å². The van der Waals surface area contributed by atoms with Crippen molar-refractivity contribution in [2.45, 2.75) is 26.3 Å². The molecule has 4 nitrogen and oxygen atoms in total. The zero-order chi connectivity index (χ0) is 13.8. The Hall–Kier alpha value is -0.810. The zero-order valence-electron chi connectivity index (χ0n) is 11.7. The Kier molecular flexibility index (Phi) is 5.05. The number of nitrogens with one attached hydrogen (secondary N) is 1. The molecule has 0 aromatic carbocycles. The molecule has 0 bridgehead atoms. The van der Waals surface area contributed by atoms with E-state index in [0.29, 0.717) is 5.92 Å². The smallest absolute Gasteiger partial charge is 0.270 e. The van der Waals surface area contributed by atoms with Gasteiger partial charge in [0.25, 0.3) is 5.91 Å². The minimum absolute atomic E-state index is 0.162. The normalized spacial score (nSPS) is 16.9. The van der Waals surface area contributed by atoms with E-state index in [4.69, 9.17) is 0 Å². The fourth-order valence-electron chi connectivity index (χ4n) is 2.71. The van der Waals surface area contributed by atoms with Crippen molar-refractivity contribution in [3.8, 4) is 0 Å². The van der Waals surface area contributed by atoms with Crippen LogP contribution < -0.4 is 5.32 Å². The third kappa shape index (κ3) is 3.39. The lowest BCUT2D eigenvalue weighted by Crippen LogP contribution is -2.41. The SMILES string of the molecule is CCn1cc(Br)cc1C(=O)N1CCC(CNC)CC1. The van der Waals surface area contributed by atoms with Crippen molar-refractivity contribution < 1.29 is 4.79 Å². The Morgan fingerprint density at radius 1 is 1.47 bits per heavy atom. The van der Waals surface area contributed by atoms with E-state index < -0.39 is 0 Å². The minimum Gasteiger partial charge on any atom is -0.343 e. The van der Waals surface area contributed by atoms with Crippen molar-refractivity contribution >= 4 is 21.8 Å². The van der Waals surface area contributed by atoms with E-state index in [1.165, 1.54) is 0 Å². The number of carbonyl (C=O) groups excluding carboxylic acids is 1. The summed E-state index contributed by atoms with van der Waals surface area (Å²) in [7, 11) is 1.99. The van der Waals surface area contributed by atoms with Crippen LogP contribution in [0.3, 0.4) is 0 Å². The first-order valence-electron chi connectivity index (χ1n) is 6.95. The van der Waals surface area contributed by atoms with Crippen LogP contribution in [-0.4, -0.2) is 42.1 Å². The van der Waals surface area contributed by atoms with Gasteiger partial charge in [0.1, 0.15) is 5.69 Å². The molecule has 1 aliphatic rings. The predicted molar refractivity (Wildman–Crippen MR) is 80.4 cm³/mol. The van der Waals surface area contributed by atoms with Gasteiger partial charge in [-0.2, -0.15) is 0 Å². The lowest BCUT2D eigenvalue weighted by atomic mass is 9.96. The van der Waals surface area contributed by atoms with E-state index in [1.807, 2.05) is 28.8 Å². The molecule has 0 aliphatic carbocycles. The fourth-order valence-corrected chi connectivity index (χ4v) is 3.17. The first kappa shape index (κ1) is 14.6. The number of aromatic nitrogens is 1. The summed E-state index contributed by atoms with van der Waals surface area (Å²) in [4.78, 5) is 14.5. The first-order valence-corrected chi connectivity index (χ1v) is 7.74. The summed E-state index contributed by atoms with van der Waals surface area (Å²) in [5.41, 5.74) is 0.793. The van der Waals surface area contributed by atoms with Crippen LogP contribution in [0.2, 0.25) is 0 Å². The number of halogens is 1. The quantitative estimate of drug-likeness (QED) is 0.921. The van der Waals surface area contributed by atoms with Crippen LogP contribution in [0.5, 0.6) is 0 Å². The lowest BCUT2D eigenvalue weighted by Gasteiger charge is -2.32.